The molecule has 4 unspecified atom stereocenters. The van der Waals surface area contributed by atoms with Gasteiger partial charge in [-0.05, 0) is 50.8 Å². The van der Waals surface area contributed by atoms with E-state index < -0.39 is 17.7 Å². The number of nitrogens with one attached hydrogen (secondary N) is 2. The number of hydrogen-bond acceptors (Lipinski definition) is 5. The third-order valence-corrected chi connectivity index (χ3v) is 6.13. The Balaban J connectivity index is 1.87. The fraction of sp³-hybridized carbons (Fsp3) is 0.429. The number of nitriles is 1. The molecule has 2 aromatic rings. The molecule has 1 saturated heterocycles. The van der Waals surface area contributed by atoms with Gasteiger partial charge in [-0.1, -0.05) is 23.7 Å². The van der Waals surface area contributed by atoms with Crippen LogP contribution in [-0.4, -0.2) is 28.0 Å². The number of piperidine rings is 1. The maximum atomic E-state index is 13.2. The first-order valence-corrected chi connectivity index (χ1v) is 10.2. The molecule has 0 bridgehead atoms. The van der Waals surface area contributed by atoms with Gasteiger partial charge in [0.25, 0.3) is 5.56 Å². The summed E-state index contributed by atoms with van der Waals surface area (Å²) in [6.45, 7) is 4.21. The highest BCUT2D eigenvalue weighted by molar-refractivity contribution is 6.30. The molecular formula is C21H22ClN5O2. The predicted octanol–water partition coefficient (Wildman–Crippen LogP) is 3.41. The molecule has 0 spiro atoms. The first-order valence-electron chi connectivity index (χ1n) is 9.79. The van der Waals surface area contributed by atoms with Crippen LogP contribution in [0.15, 0.2) is 29.1 Å². The number of nitrogens with zero attached hydrogens (tertiary/aromatic N) is 3. The highest BCUT2D eigenvalue weighted by Gasteiger charge is 2.41. The number of hydrogen-bond donors (Lipinski definition) is 2. The lowest BCUT2D eigenvalue weighted by Gasteiger charge is -2.40. The molecule has 4 atom stereocenters. The van der Waals surface area contributed by atoms with E-state index in [1.54, 1.807) is 24.3 Å². The largest absolute Gasteiger partial charge is 0.337 e. The number of carbonyl (C=O) groups is 1. The smallest absolute Gasteiger partial charge is 0.258 e. The van der Waals surface area contributed by atoms with Crippen LogP contribution >= 0.6 is 11.6 Å². The van der Waals surface area contributed by atoms with Gasteiger partial charge in [0.05, 0.1) is 11.6 Å². The van der Waals surface area contributed by atoms with Crippen LogP contribution in [-0.2, 0) is 4.79 Å². The summed E-state index contributed by atoms with van der Waals surface area (Å²) in [6, 6.07) is 9.40. The van der Waals surface area contributed by atoms with E-state index in [4.69, 9.17) is 11.6 Å². The Kier molecular flexibility index (Phi) is 5.05. The number of H-pyrrole nitrogens is 1. The maximum Gasteiger partial charge on any atom is 0.258 e. The molecule has 1 amide bonds. The first-order chi connectivity index (χ1) is 13.9. The van der Waals surface area contributed by atoms with Crippen LogP contribution in [0.3, 0.4) is 0 Å². The van der Waals surface area contributed by atoms with Gasteiger partial charge in [-0.15, -0.1) is 0 Å². The van der Waals surface area contributed by atoms with Crippen LogP contribution in [0.25, 0.3) is 0 Å². The van der Waals surface area contributed by atoms with Gasteiger partial charge in [0.1, 0.15) is 11.7 Å². The molecule has 150 valence electrons. The minimum atomic E-state index is -1.04. The van der Waals surface area contributed by atoms with E-state index in [0.717, 1.165) is 19.3 Å². The van der Waals surface area contributed by atoms with E-state index in [1.165, 1.54) is 0 Å². The van der Waals surface area contributed by atoms with Crippen molar-refractivity contribution < 1.29 is 4.79 Å². The zero-order chi connectivity index (χ0) is 20.7. The van der Waals surface area contributed by atoms with E-state index in [0.29, 0.717) is 22.1 Å². The summed E-state index contributed by atoms with van der Waals surface area (Å²) < 4.78 is 0. The van der Waals surface area contributed by atoms with Crippen LogP contribution in [0.4, 0.5) is 11.8 Å². The Labute approximate surface area is 173 Å². The summed E-state index contributed by atoms with van der Waals surface area (Å²) >= 11 is 6.13. The molecule has 0 radical (unpaired) electrons. The minimum Gasteiger partial charge on any atom is -0.337 e. The molecule has 1 aromatic heterocycles. The van der Waals surface area contributed by atoms with Crippen LogP contribution in [0.2, 0.25) is 5.02 Å². The van der Waals surface area contributed by atoms with Crippen LogP contribution in [0, 0.1) is 17.2 Å². The second kappa shape index (κ2) is 7.53. The van der Waals surface area contributed by atoms with Crippen molar-refractivity contribution in [3.63, 3.8) is 0 Å². The molecule has 1 fully saturated rings. The molecule has 2 N–H and O–H groups in total. The Hall–Kier alpha value is -2.85. The third-order valence-electron chi connectivity index (χ3n) is 5.90. The summed E-state index contributed by atoms with van der Waals surface area (Å²) in [7, 11) is 0. The van der Waals surface area contributed by atoms with Gasteiger partial charge < -0.3 is 10.2 Å². The van der Waals surface area contributed by atoms with Crippen molar-refractivity contribution in [3.05, 3.63) is 50.8 Å². The Morgan fingerprint density at radius 1 is 1.24 bits per heavy atom. The van der Waals surface area contributed by atoms with Crippen LogP contribution in [0.5, 0.6) is 0 Å². The van der Waals surface area contributed by atoms with Gasteiger partial charge in [-0.2, -0.15) is 10.2 Å². The third kappa shape index (κ3) is 3.38. The van der Waals surface area contributed by atoms with Gasteiger partial charge in [-0.3, -0.25) is 14.6 Å². The molecule has 2 aliphatic rings. The van der Waals surface area contributed by atoms with Crippen molar-refractivity contribution in [1.82, 2.24) is 9.97 Å². The molecule has 7 nitrogen and oxygen atoms in total. The van der Waals surface area contributed by atoms with Crippen molar-refractivity contribution in [2.45, 2.75) is 51.1 Å². The number of halogens is 1. The fourth-order valence-corrected chi connectivity index (χ4v) is 4.72. The number of amides is 1. The monoisotopic (exact) mass is 411 g/mol. The second-order valence-corrected chi connectivity index (χ2v) is 8.25. The van der Waals surface area contributed by atoms with Crippen LogP contribution in [0.1, 0.15) is 50.2 Å². The number of anilines is 2. The number of aromatic nitrogens is 2. The Bertz CT molecular complexity index is 1050. The van der Waals surface area contributed by atoms with Crippen molar-refractivity contribution in [2.75, 3.05) is 10.2 Å². The Morgan fingerprint density at radius 3 is 2.62 bits per heavy atom. The molecule has 2 aliphatic heterocycles. The van der Waals surface area contributed by atoms with Crippen molar-refractivity contribution in [2.24, 2.45) is 5.92 Å². The van der Waals surface area contributed by atoms with E-state index >= 15 is 0 Å². The fourth-order valence-electron chi connectivity index (χ4n) is 4.52. The minimum absolute atomic E-state index is 0.218. The number of aromatic amines is 1. The summed E-state index contributed by atoms with van der Waals surface area (Å²) in [4.78, 5) is 35.4. The van der Waals surface area contributed by atoms with E-state index in [9.17, 15) is 14.9 Å². The quantitative estimate of drug-likeness (QED) is 0.788. The number of benzene rings is 1. The average Bonchev–Trinajstić information content (AvgIpc) is 2.66. The van der Waals surface area contributed by atoms with Crippen molar-refractivity contribution in [1.29, 1.82) is 5.26 Å². The summed E-state index contributed by atoms with van der Waals surface area (Å²) in [5, 5.41) is 12.8. The van der Waals surface area contributed by atoms with Gasteiger partial charge in [0.15, 0.2) is 0 Å². The van der Waals surface area contributed by atoms with Crippen LogP contribution < -0.4 is 15.8 Å². The number of carbonyl (C=O) groups excluding carboxylic acids is 1. The molecule has 1 aromatic carbocycles. The molecule has 4 rings (SSSR count). The van der Waals surface area contributed by atoms with Gasteiger partial charge in [0.2, 0.25) is 11.9 Å². The molecule has 8 heteroatoms. The average molecular weight is 412 g/mol. The molecule has 29 heavy (non-hydrogen) atoms. The predicted molar refractivity (Wildman–Crippen MR) is 111 cm³/mol. The van der Waals surface area contributed by atoms with Gasteiger partial charge in [0, 0.05) is 23.0 Å². The zero-order valence-electron chi connectivity index (χ0n) is 16.3. The summed E-state index contributed by atoms with van der Waals surface area (Å²) in [5.74, 6) is -1.57. The SMILES string of the molecule is CC1CCCC(C)N1c1nc2c(c(=O)[nH]1)C(c1cccc(Cl)c1)C(C#N)C(=O)N2. The highest BCUT2D eigenvalue weighted by Crippen LogP contribution is 2.39. The number of rotatable bonds is 2. The lowest BCUT2D eigenvalue weighted by Crippen LogP contribution is -2.46. The van der Waals surface area contributed by atoms with Crippen molar-refractivity contribution >= 4 is 29.3 Å². The highest BCUT2D eigenvalue weighted by atomic mass is 35.5. The Morgan fingerprint density at radius 2 is 1.97 bits per heavy atom. The number of fused-ring (bicyclic) bond motifs is 1. The molecule has 0 aliphatic carbocycles. The van der Waals surface area contributed by atoms with E-state index in [1.807, 2.05) is 6.07 Å². The van der Waals surface area contributed by atoms with Gasteiger partial charge >= 0.3 is 0 Å². The van der Waals surface area contributed by atoms with E-state index in [-0.39, 0.29) is 23.5 Å². The molecular weight excluding hydrogens is 390 g/mol. The lowest BCUT2D eigenvalue weighted by atomic mass is 9.79. The zero-order valence-corrected chi connectivity index (χ0v) is 17.0. The normalized spacial score (nSPS) is 26.4. The first kappa shape index (κ1) is 19.5. The molecule has 3 heterocycles. The van der Waals surface area contributed by atoms with E-state index in [2.05, 4.69) is 34.0 Å². The van der Waals surface area contributed by atoms with Crippen molar-refractivity contribution in [3.8, 4) is 6.07 Å². The maximum absolute atomic E-state index is 13.2. The summed E-state index contributed by atoms with van der Waals surface area (Å²) in [6.07, 6.45) is 3.16. The lowest BCUT2D eigenvalue weighted by molar-refractivity contribution is -0.119. The van der Waals surface area contributed by atoms with Gasteiger partial charge in [-0.25, -0.2) is 0 Å². The summed E-state index contributed by atoms with van der Waals surface area (Å²) in [5.41, 5.74) is 0.583. The molecule has 0 saturated carbocycles. The second-order valence-electron chi connectivity index (χ2n) is 7.82. The standard InChI is InChI=1S/C21H22ClN5O2/c1-11-5-3-6-12(2)27(11)21-25-18-17(20(29)26-21)16(15(10-23)19(28)24-18)13-7-4-8-14(22)9-13/h4,7-9,11-12,15-16H,3,5-6H2,1-2H3,(H2,24,25,26,28,29). The topological polar surface area (TPSA) is 102 Å².